The molecule has 0 atom stereocenters. The number of hydrogen-bond donors (Lipinski definition) is 2. The lowest BCUT2D eigenvalue weighted by Gasteiger charge is -2.17. The standard InChI is InChI=1S/C21H23N3O3S2/c1-3-19(25)22-21-23-20-13(2)10-16(12-18(20)28-21)24-29(26,27)17-9-8-14-6-4-5-7-15(14)11-17/h8-12,24H,3-7H2,1-2H3,(H,22,23,25). The molecule has 0 saturated carbocycles. The summed E-state index contributed by atoms with van der Waals surface area (Å²) in [7, 11) is -3.68. The van der Waals surface area contributed by atoms with Crippen molar-refractivity contribution < 1.29 is 13.2 Å². The van der Waals surface area contributed by atoms with Crippen molar-refractivity contribution in [1.82, 2.24) is 4.98 Å². The summed E-state index contributed by atoms with van der Waals surface area (Å²) in [5.41, 5.74) is 4.48. The Bertz CT molecular complexity index is 1200. The van der Waals surface area contributed by atoms with E-state index in [1.54, 1.807) is 31.2 Å². The third kappa shape index (κ3) is 4.13. The number of carbonyl (C=O) groups excluding carboxylic acids is 1. The van der Waals surface area contributed by atoms with Gasteiger partial charge in [0.05, 0.1) is 20.8 Å². The van der Waals surface area contributed by atoms with Crippen LogP contribution in [0.3, 0.4) is 0 Å². The Kier molecular flexibility index (Phi) is 5.31. The number of anilines is 2. The highest BCUT2D eigenvalue weighted by atomic mass is 32.2. The first-order chi connectivity index (χ1) is 13.9. The SMILES string of the molecule is CCC(=O)Nc1nc2c(C)cc(NS(=O)(=O)c3ccc4c(c3)CCCC4)cc2s1. The maximum Gasteiger partial charge on any atom is 0.261 e. The molecule has 1 aromatic heterocycles. The number of thiazole rings is 1. The summed E-state index contributed by atoms with van der Waals surface area (Å²) >= 11 is 1.33. The van der Waals surface area contributed by atoms with E-state index in [9.17, 15) is 13.2 Å². The Labute approximate surface area is 174 Å². The maximum atomic E-state index is 12.9. The lowest BCUT2D eigenvalue weighted by atomic mass is 9.92. The van der Waals surface area contributed by atoms with E-state index in [0.29, 0.717) is 17.2 Å². The number of carbonyl (C=O) groups is 1. The van der Waals surface area contributed by atoms with Crippen molar-refractivity contribution in [3.8, 4) is 0 Å². The minimum atomic E-state index is -3.68. The van der Waals surface area contributed by atoms with E-state index >= 15 is 0 Å². The van der Waals surface area contributed by atoms with Crippen molar-refractivity contribution in [2.45, 2.75) is 50.8 Å². The summed E-state index contributed by atoms with van der Waals surface area (Å²) < 4.78 is 29.4. The Morgan fingerprint density at radius 1 is 1.14 bits per heavy atom. The molecule has 152 valence electrons. The van der Waals surface area contributed by atoms with Gasteiger partial charge in [0.1, 0.15) is 0 Å². The number of nitrogens with one attached hydrogen (secondary N) is 2. The maximum absolute atomic E-state index is 12.9. The number of amides is 1. The molecule has 0 radical (unpaired) electrons. The van der Waals surface area contributed by atoms with Gasteiger partial charge in [-0.15, -0.1) is 0 Å². The normalized spacial score (nSPS) is 13.9. The molecule has 2 N–H and O–H groups in total. The fourth-order valence-electron chi connectivity index (χ4n) is 3.61. The Balaban J connectivity index is 1.63. The molecule has 6 nitrogen and oxygen atoms in total. The van der Waals surface area contributed by atoms with Gasteiger partial charge < -0.3 is 5.32 Å². The fraction of sp³-hybridized carbons (Fsp3) is 0.333. The molecule has 0 aliphatic heterocycles. The molecule has 1 amide bonds. The zero-order chi connectivity index (χ0) is 20.6. The first-order valence-electron chi connectivity index (χ1n) is 9.71. The predicted octanol–water partition coefficient (Wildman–Crippen LogP) is 4.63. The number of fused-ring (bicyclic) bond motifs is 2. The summed E-state index contributed by atoms with van der Waals surface area (Å²) in [4.78, 5) is 16.4. The molecule has 0 fully saturated rings. The van der Waals surface area contributed by atoms with Crippen molar-refractivity contribution >= 4 is 48.3 Å². The summed E-state index contributed by atoms with van der Waals surface area (Å²) in [6.07, 6.45) is 4.58. The number of aryl methyl sites for hydroxylation is 3. The second kappa shape index (κ2) is 7.76. The van der Waals surface area contributed by atoms with Crippen LogP contribution in [0.2, 0.25) is 0 Å². The van der Waals surface area contributed by atoms with Crippen LogP contribution in [-0.4, -0.2) is 19.3 Å². The highest BCUT2D eigenvalue weighted by Gasteiger charge is 2.19. The van der Waals surface area contributed by atoms with E-state index < -0.39 is 10.0 Å². The van der Waals surface area contributed by atoms with Crippen LogP contribution >= 0.6 is 11.3 Å². The van der Waals surface area contributed by atoms with Gasteiger partial charge >= 0.3 is 0 Å². The van der Waals surface area contributed by atoms with Crippen molar-refractivity contribution in [2.24, 2.45) is 0 Å². The van der Waals surface area contributed by atoms with Gasteiger partial charge in [0.2, 0.25) is 5.91 Å². The van der Waals surface area contributed by atoms with E-state index in [-0.39, 0.29) is 10.8 Å². The summed E-state index contributed by atoms with van der Waals surface area (Å²) in [5.74, 6) is -0.102. The van der Waals surface area contributed by atoms with E-state index in [0.717, 1.165) is 47.0 Å². The fourth-order valence-corrected chi connectivity index (χ4v) is 5.70. The van der Waals surface area contributed by atoms with Crippen molar-refractivity contribution in [2.75, 3.05) is 10.0 Å². The van der Waals surface area contributed by atoms with Gasteiger partial charge in [-0.2, -0.15) is 0 Å². The predicted molar refractivity (Wildman–Crippen MR) is 117 cm³/mol. The number of rotatable bonds is 5. The molecule has 0 bridgehead atoms. The molecular weight excluding hydrogens is 406 g/mol. The van der Waals surface area contributed by atoms with Gasteiger partial charge in [-0.1, -0.05) is 24.3 Å². The van der Waals surface area contributed by atoms with Crippen LogP contribution in [0.5, 0.6) is 0 Å². The Hall–Kier alpha value is -2.45. The zero-order valence-corrected chi connectivity index (χ0v) is 18.0. The summed E-state index contributed by atoms with van der Waals surface area (Å²) in [5, 5.41) is 3.28. The van der Waals surface area contributed by atoms with E-state index in [1.165, 1.54) is 16.9 Å². The minimum absolute atomic E-state index is 0.102. The monoisotopic (exact) mass is 429 g/mol. The quantitative estimate of drug-likeness (QED) is 0.619. The first kappa shape index (κ1) is 19.8. The molecule has 1 aliphatic carbocycles. The van der Waals surface area contributed by atoms with Crippen molar-refractivity contribution in [3.05, 3.63) is 47.0 Å². The molecule has 1 aliphatic rings. The molecular formula is C21H23N3O3S2. The van der Waals surface area contributed by atoms with Gasteiger partial charge in [0, 0.05) is 6.42 Å². The van der Waals surface area contributed by atoms with E-state index in [1.807, 2.05) is 13.0 Å². The molecule has 4 rings (SSSR count). The largest absolute Gasteiger partial charge is 0.302 e. The molecule has 2 aromatic carbocycles. The van der Waals surface area contributed by atoms with Gasteiger partial charge in [0.25, 0.3) is 10.0 Å². The van der Waals surface area contributed by atoms with Crippen LogP contribution in [0.4, 0.5) is 10.8 Å². The highest BCUT2D eigenvalue weighted by molar-refractivity contribution is 7.92. The van der Waals surface area contributed by atoms with Crippen molar-refractivity contribution in [1.29, 1.82) is 0 Å². The molecule has 1 heterocycles. The zero-order valence-electron chi connectivity index (χ0n) is 16.4. The van der Waals surface area contributed by atoms with Crippen LogP contribution in [0.25, 0.3) is 10.2 Å². The van der Waals surface area contributed by atoms with E-state index in [2.05, 4.69) is 15.0 Å². The minimum Gasteiger partial charge on any atom is -0.302 e. The highest BCUT2D eigenvalue weighted by Crippen LogP contribution is 2.32. The first-order valence-corrected chi connectivity index (χ1v) is 12.0. The van der Waals surface area contributed by atoms with Gasteiger partial charge in [-0.3, -0.25) is 9.52 Å². The second-order valence-electron chi connectivity index (χ2n) is 7.30. The molecule has 29 heavy (non-hydrogen) atoms. The number of benzene rings is 2. The summed E-state index contributed by atoms with van der Waals surface area (Å²) in [6.45, 7) is 3.66. The number of hydrogen-bond acceptors (Lipinski definition) is 5. The number of sulfonamides is 1. The topological polar surface area (TPSA) is 88.2 Å². The third-order valence-corrected chi connectivity index (χ3v) is 7.43. The van der Waals surface area contributed by atoms with Crippen LogP contribution in [0, 0.1) is 6.92 Å². The summed E-state index contributed by atoms with van der Waals surface area (Å²) in [6, 6.07) is 8.95. The van der Waals surface area contributed by atoms with Gasteiger partial charge in [-0.05, 0) is 73.6 Å². The van der Waals surface area contributed by atoms with Crippen LogP contribution in [0.15, 0.2) is 35.2 Å². The molecule has 0 saturated heterocycles. The van der Waals surface area contributed by atoms with Crippen LogP contribution < -0.4 is 10.0 Å². The van der Waals surface area contributed by atoms with Gasteiger partial charge in [0.15, 0.2) is 5.13 Å². The Morgan fingerprint density at radius 2 is 1.90 bits per heavy atom. The molecule has 0 unspecified atom stereocenters. The van der Waals surface area contributed by atoms with Crippen LogP contribution in [0.1, 0.15) is 42.9 Å². The second-order valence-corrected chi connectivity index (χ2v) is 10.0. The van der Waals surface area contributed by atoms with Crippen LogP contribution in [-0.2, 0) is 27.7 Å². The van der Waals surface area contributed by atoms with Crippen molar-refractivity contribution in [3.63, 3.8) is 0 Å². The molecule has 0 spiro atoms. The molecule has 3 aromatic rings. The third-order valence-electron chi connectivity index (χ3n) is 5.14. The average molecular weight is 430 g/mol. The Morgan fingerprint density at radius 3 is 2.66 bits per heavy atom. The lowest BCUT2D eigenvalue weighted by molar-refractivity contribution is -0.115. The smallest absolute Gasteiger partial charge is 0.261 e. The molecule has 8 heteroatoms. The van der Waals surface area contributed by atoms with E-state index in [4.69, 9.17) is 0 Å². The number of aromatic nitrogens is 1. The number of nitrogens with zero attached hydrogens (tertiary/aromatic N) is 1. The average Bonchev–Trinajstić information content (AvgIpc) is 3.10. The lowest BCUT2D eigenvalue weighted by Crippen LogP contribution is -2.14. The van der Waals surface area contributed by atoms with Gasteiger partial charge in [-0.25, -0.2) is 13.4 Å².